The highest BCUT2D eigenvalue weighted by atomic mass is 32.1. The normalized spacial score (nSPS) is 23.3. The van der Waals surface area contributed by atoms with Crippen LogP contribution in [0, 0.1) is 25.7 Å². The summed E-state index contributed by atoms with van der Waals surface area (Å²) in [5.74, 6) is -0.0572. The maximum atomic E-state index is 12.7. The molecule has 1 aromatic rings. The van der Waals surface area contributed by atoms with Gasteiger partial charge in [0, 0.05) is 44.0 Å². The Bertz CT molecular complexity index is 638. The Kier molecular flexibility index (Phi) is 7.20. The molecule has 2 aliphatic heterocycles. The average Bonchev–Trinajstić information content (AvgIpc) is 3.02. The van der Waals surface area contributed by atoms with Crippen LogP contribution in [0.4, 0.5) is 0 Å². The predicted octanol–water partition coefficient (Wildman–Crippen LogP) is 0.893. The zero-order chi connectivity index (χ0) is 19.2. The Labute approximate surface area is 164 Å². The Balaban J connectivity index is 1.40. The highest BCUT2D eigenvalue weighted by Crippen LogP contribution is 2.20. The van der Waals surface area contributed by atoms with Crippen LogP contribution in [0.5, 0.6) is 0 Å². The molecule has 0 unspecified atom stereocenters. The van der Waals surface area contributed by atoms with E-state index in [-0.39, 0.29) is 23.7 Å². The third kappa shape index (κ3) is 5.49. The number of carbonyl (C=O) groups is 2. The molecule has 27 heavy (non-hydrogen) atoms. The van der Waals surface area contributed by atoms with Crippen molar-refractivity contribution in [2.75, 3.05) is 45.9 Å². The van der Waals surface area contributed by atoms with Gasteiger partial charge >= 0.3 is 0 Å². The van der Waals surface area contributed by atoms with Crippen molar-refractivity contribution in [1.82, 2.24) is 20.5 Å². The smallest absolute Gasteiger partial charge is 0.227 e. The van der Waals surface area contributed by atoms with Gasteiger partial charge in [0.15, 0.2) is 0 Å². The van der Waals surface area contributed by atoms with E-state index in [2.05, 4.69) is 22.5 Å². The highest BCUT2D eigenvalue weighted by molar-refractivity contribution is 7.11. The van der Waals surface area contributed by atoms with Crippen LogP contribution in [0.15, 0.2) is 0 Å². The number of thiazole rings is 1. The first kappa shape index (κ1) is 20.2. The maximum absolute atomic E-state index is 12.7. The van der Waals surface area contributed by atoms with E-state index in [1.54, 1.807) is 11.3 Å². The van der Waals surface area contributed by atoms with E-state index in [0.29, 0.717) is 52.4 Å². The number of nitrogens with zero attached hydrogens (tertiary/aromatic N) is 2. The summed E-state index contributed by atoms with van der Waals surface area (Å²) in [7, 11) is 0. The van der Waals surface area contributed by atoms with Crippen molar-refractivity contribution >= 4 is 23.2 Å². The molecule has 0 saturated carbocycles. The monoisotopic (exact) mass is 394 g/mol. The standard InChI is InChI=1S/C19H30N4O3S/c1-13-14(2)27-17(22-13)4-3-5-21-18(24)15-10-16(12-20-11-15)19(25)23-6-8-26-9-7-23/h15-16,20H,3-12H2,1-2H3,(H,21,24)/t15-,16+/m0/s1. The van der Waals surface area contributed by atoms with Gasteiger partial charge in [0.2, 0.25) is 11.8 Å². The SMILES string of the molecule is Cc1nc(CCCNC(=O)[C@@H]2CNC[C@H](C(=O)N3CCOCC3)C2)sc1C. The summed E-state index contributed by atoms with van der Waals surface area (Å²) in [6, 6.07) is 0. The van der Waals surface area contributed by atoms with Crippen LogP contribution in [-0.4, -0.2) is 67.6 Å². The number of aromatic nitrogens is 1. The molecule has 150 valence electrons. The van der Waals surface area contributed by atoms with E-state index in [1.807, 2.05) is 11.8 Å². The molecule has 2 amide bonds. The fourth-order valence-corrected chi connectivity index (χ4v) is 4.59. The Hall–Kier alpha value is -1.51. The summed E-state index contributed by atoms with van der Waals surface area (Å²) in [5, 5.41) is 7.43. The van der Waals surface area contributed by atoms with E-state index in [9.17, 15) is 9.59 Å². The van der Waals surface area contributed by atoms with Crippen LogP contribution in [0.1, 0.15) is 28.4 Å². The van der Waals surface area contributed by atoms with Crippen molar-refractivity contribution in [3.05, 3.63) is 15.6 Å². The summed E-state index contributed by atoms with van der Waals surface area (Å²) in [6.07, 6.45) is 2.40. The van der Waals surface area contributed by atoms with Gasteiger partial charge in [0.05, 0.1) is 35.8 Å². The van der Waals surface area contributed by atoms with Crippen molar-refractivity contribution in [2.24, 2.45) is 11.8 Å². The molecule has 0 aromatic carbocycles. The van der Waals surface area contributed by atoms with Gasteiger partial charge in [0.1, 0.15) is 0 Å². The molecule has 2 fully saturated rings. The second-order valence-corrected chi connectivity index (χ2v) is 8.66. The molecule has 2 atom stereocenters. The maximum Gasteiger partial charge on any atom is 0.227 e. The van der Waals surface area contributed by atoms with Crippen LogP contribution in [0.2, 0.25) is 0 Å². The second kappa shape index (κ2) is 9.61. The van der Waals surface area contributed by atoms with Crippen LogP contribution in [0.3, 0.4) is 0 Å². The first-order valence-electron chi connectivity index (χ1n) is 9.82. The van der Waals surface area contributed by atoms with Crippen molar-refractivity contribution in [3.63, 3.8) is 0 Å². The van der Waals surface area contributed by atoms with Gasteiger partial charge in [-0.25, -0.2) is 4.98 Å². The fourth-order valence-electron chi connectivity index (χ4n) is 3.61. The molecular formula is C19H30N4O3S. The Morgan fingerprint density at radius 3 is 2.70 bits per heavy atom. The van der Waals surface area contributed by atoms with E-state index < -0.39 is 0 Å². The van der Waals surface area contributed by atoms with Crippen molar-refractivity contribution < 1.29 is 14.3 Å². The highest BCUT2D eigenvalue weighted by Gasteiger charge is 2.33. The third-order valence-corrected chi connectivity index (χ3v) is 6.47. The van der Waals surface area contributed by atoms with Crippen LogP contribution in [-0.2, 0) is 20.7 Å². The number of carbonyl (C=O) groups excluding carboxylic acids is 2. The minimum atomic E-state index is -0.141. The predicted molar refractivity (Wildman–Crippen MR) is 105 cm³/mol. The summed E-state index contributed by atoms with van der Waals surface area (Å²) >= 11 is 1.73. The van der Waals surface area contributed by atoms with Crippen molar-refractivity contribution in [1.29, 1.82) is 0 Å². The van der Waals surface area contributed by atoms with E-state index >= 15 is 0 Å². The zero-order valence-corrected chi connectivity index (χ0v) is 17.1. The summed E-state index contributed by atoms with van der Waals surface area (Å²) in [4.78, 5) is 32.8. The van der Waals surface area contributed by atoms with Gasteiger partial charge in [-0.1, -0.05) is 0 Å². The molecule has 7 nitrogen and oxygen atoms in total. The topological polar surface area (TPSA) is 83.6 Å². The first-order valence-corrected chi connectivity index (χ1v) is 10.6. The molecule has 0 aliphatic carbocycles. The lowest BCUT2D eigenvalue weighted by Crippen LogP contribution is -2.51. The van der Waals surface area contributed by atoms with Gasteiger partial charge < -0.3 is 20.3 Å². The molecular weight excluding hydrogens is 364 g/mol. The number of rotatable bonds is 6. The minimum Gasteiger partial charge on any atom is -0.378 e. The summed E-state index contributed by atoms with van der Waals surface area (Å²) < 4.78 is 5.31. The molecule has 3 rings (SSSR count). The van der Waals surface area contributed by atoms with Gasteiger partial charge in [-0.2, -0.15) is 0 Å². The third-order valence-electron chi connectivity index (χ3n) is 5.33. The van der Waals surface area contributed by atoms with Gasteiger partial charge in [-0.15, -0.1) is 11.3 Å². The van der Waals surface area contributed by atoms with Gasteiger partial charge in [0.25, 0.3) is 0 Å². The van der Waals surface area contributed by atoms with Crippen LogP contribution in [0.25, 0.3) is 0 Å². The molecule has 0 spiro atoms. The number of ether oxygens (including phenoxy) is 1. The molecule has 0 radical (unpaired) electrons. The number of nitrogens with one attached hydrogen (secondary N) is 2. The van der Waals surface area contributed by atoms with E-state index in [4.69, 9.17) is 4.74 Å². The van der Waals surface area contributed by atoms with Crippen molar-refractivity contribution in [2.45, 2.75) is 33.1 Å². The van der Waals surface area contributed by atoms with Crippen LogP contribution >= 0.6 is 11.3 Å². The number of amides is 2. The molecule has 8 heteroatoms. The largest absolute Gasteiger partial charge is 0.378 e. The minimum absolute atomic E-state index is 0.0495. The van der Waals surface area contributed by atoms with Gasteiger partial charge in [-0.3, -0.25) is 9.59 Å². The zero-order valence-electron chi connectivity index (χ0n) is 16.3. The molecule has 3 heterocycles. The lowest BCUT2D eigenvalue weighted by atomic mass is 9.88. The Morgan fingerprint density at radius 1 is 1.26 bits per heavy atom. The number of morpholine rings is 1. The lowest BCUT2D eigenvalue weighted by Gasteiger charge is -2.34. The van der Waals surface area contributed by atoms with Crippen LogP contribution < -0.4 is 10.6 Å². The van der Waals surface area contributed by atoms with E-state index in [0.717, 1.165) is 23.5 Å². The molecule has 2 aliphatic rings. The molecule has 2 saturated heterocycles. The Morgan fingerprint density at radius 2 is 2.00 bits per heavy atom. The first-order chi connectivity index (χ1) is 13.0. The molecule has 1 aromatic heterocycles. The molecule has 0 bridgehead atoms. The number of hydrogen-bond acceptors (Lipinski definition) is 6. The quantitative estimate of drug-likeness (QED) is 0.701. The van der Waals surface area contributed by atoms with Crippen molar-refractivity contribution in [3.8, 4) is 0 Å². The second-order valence-electron chi connectivity index (χ2n) is 7.37. The fraction of sp³-hybridized carbons (Fsp3) is 0.737. The number of aryl methyl sites for hydroxylation is 3. The van der Waals surface area contributed by atoms with Gasteiger partial charge in [-0.05, 0) is 26.7 Å². The number of piperidine rings is 1. The van der Waals surface area contributed by atoms with E-state index in [1.165, 1.54) is 4.88 Å². The molecule has 2 N–H and O–H groups in total. The number of hydrogen-bond donors (Lipinski definition) is 2. The average molecular weight is 395 g/mol. The summed E-state index contributed by atoms with van der Waals surface area (Å²) in [6.45, 7) is 8.58. The lowest BCUT2D eigenvalue weighted by molar-refractivity contribution is -0.141. The summed E-state index contributed by atoms with van der Waals surface area (Å²) in [5.41, 5.74) is 1.10.